The van der Waals surface area contributed by atoms with Crippen LogP contribution >= 0.6 is 0 Å². The maximum Gasteiger partial charge on any atom is 0.416 e. The van der Waals surface area contributed by atoms with Crippen LogP contribution in [0.4, 0.5) is 36.2 Å². The van der Waals surface area contributed by atoms with E-state index >= 15 is 0 Å². The first kappa shape index (κ1) is 35.2. The van der Waals surface area contributed by atoms with Crippen LogP contribution in [0.15, 0.2) is 36.7 Å². The molecule has 2 atom stereocenters. The molecule has 2 unspecified atom stereocenters. The molecule has 0 aliphatic carbocycles. The largest absolute Gasteiger partial charge is 0.416 e. The minimum absolute atomic E-state index is 0.0318. The Balaban J connectivity index is 1.12. The summed E-state index contributed by atoms with van der Waals surface area (Å²) in [7, 11) is 0. The summed E-state index contributed by atoms with van der Waals surface area (Å²) in [6.07, 6.45) is 3.86. The number of nitrogens with zero attached hydrogens (tertiary/aromatic N) is 9. The second-order valence-corrected chi connectivity index (χ2v) is 14.9. The average molecular weight is 730 g/mol. The molecule has 4 aliphatic rings. The Labute approximate surface area is 307 Å². The predicted octanol–water partition coefficient (Wildman–Crippen LogP) is 6.68. The Morgan fingerprint density at radius 3 is 2.25 bits per heavy atom. The summed E-state index contributed by atoms with van der Waals surface area (Å²) in [5, 5.41) is 10.3. The number of benzene rings is 1. The van der Waals surface area contributed by atoms with Gasteiger partial charge in [-0.25, -0.2) is 0 Å². The first-order valence-electron chi connectivity index (χ1n) is 18.8. The Morgan fingerprint density at radius 2 is 1.55 bits per heavy atom. The summed E-state index contributed by atoms with van der Waals surface area (Å²) in [5.74, 6) is 1.76. The van der Waals surface area contributed by atoms with Crippen molar-refractivity contribution in [1.29, 1.82) is 0 Å². The lowest BCUT2D eigenvalue weighted by Crippen LogP contribution is -2.36. The number of hydrogen-bond donors (Lipinski definition) is 0. The van der Waals surface area contributed by atoms with Gasteiger partial charge in [-0.2, -0.15) is 23.4 Å². The molecule has 0 saturated heterocycles. The summed E-state index contributed by atoms with van der Waals surface area (Å²) < 4.78 is 45.8. The quantitative estimate of drug-likeness (QED) is 0.219. The molecule has 0 saturated carbocycles. The van der Waals surface area contributed by atoms with Crippen molar-refractivity contribution in [2.45, 2.75) is 104 Å². The number of amides is 2. The fraction of sp³-hybridized carbons (Fsp3) is 0.513. The van der Waals surface area contributed by atoms with E-state index in [-0.39, 0.29) is 23.8 Å². The monoisotopic (exact) mass is 729 g/mol. The number of carbonyl (C=O) groups excluding carboxylic acids is 2. The minimum Gasteiger partial charge on any atom is -0.338 e. The summed E-state index contributed by atoms with van der Waals surface area (Å²) in [4.78, 5) is 37.4. The van der Waals surface area contributed by atoms with Gasteiger partial charge in [0.05, 0.1) is 24.7 Å². The summed E-state index contributed by atoms with van der Waals surface area (Å²) in [6.45, 7) is 11.7. The molecule has 3 aromatic heterocycles. The first-order chi connectivity index (χ1) is 25.4. The van der Waals surface area contributed by atoms with Crippen LogP contribution in [0, 0.1) is 0 Å². The highest BCUT2D eigenvalue weighted by molar-refractivity contribution is 5.76. The highest BCUT2D eigenvalue weighted by atomic mass is 19.4. The summed E-state index contributed by atoms with van der Waals surface area (Å²) in [5.41, 5.74) is 7.20. The van der Waals surface area contributed by atoms with Crippen LogP contribution in [0.1, 0.15) is 98.1 Å². The molecule has 0 radical (unpaired) electrons. The van der Waals surface area contributed by atoms with Gasteiger partial charge in [0.25, 0.3) is 0 Å². The maximum atomic E-state index is 13.9. The standard InChI is InChI=1S/C39H46F3N9O2/c1-5-50-34-12-16-46(25(3)52)22-31(34)37(44-50)49-18-11-28(30-21-43-14-10-33(30)49)19-24(2)51-35-13-17-47(26(4)53)23-32(35)38(45-51)48-15-6-7-27-8-9-29(20-36(27)48)39(40,41)42/h8-10,14,20-21,24,28H,5-7,11-13,15-19,22-23H2,1-4H3. The number of halogens is 3. The van der Waals surface area contributed by atoms with Gasteiger partial charge in [-0.1, -0.05) is 6.07 Å². The predicted molar refractivity (Wildman–Crippen MR) is 194 cm³/mol. The molecule has 8 rings (SSSR count). The van der Waals surface area contributed by atoms with Crippen LogP contribution in [0.3, 0.4) is 0 Å². The van der Waals surface area contributed by atoms with Gasteiger partial charge in [0, 0.05) is 106 Å². The molecular weight excluding hydrogens is 683 g/mol. The second kappa shape index (κ2) is 13.5. The van der Waals surface area contributed by atoms with E-state index in [0.717, 1.165) is 78.2 Å². The van der Waals surface area contributed by atoms with Gasteiger partial charge in [-0.05, 0) is 74.8 Å². The van der Waals surface area contributed by atoms with E-state index in [1.807, 2.05) is 22.2 Å². The van der Waals surface area contributed by atoms with Crippen LogP contribution in [-0.4, -0.2) is 72.3 Å². The molecule has 11 nitrogen and oxygen atoms in total. The lowest BCUT2D eigenvalue weighted by molar-refractivity contribution is -0.137. The smallest absolute Gasteiger partial charge is 0.338 e. The van der Waals surface area contributed by atoms with E-state index in [2.05, 4.69) is 39.2 Å². The lowest BCUT2D eigenvalue weighted by Gasteiger charge is -2.36. The molecule has 0 spiro atoms. The van der Waals surface area contributed by atoms with Crippen LogP contribution in [0.5, 0.6) is 0 Å². The number of carbonyl (C=O) groups is 2. The normalized spacial score (nSPS) is 19.0. The van der Waals surface area contributed by atoms with Crippen LogP contribution in [0.2, 0.25) is 0 Å². The average Bonchev–Trinajstić information content (AvgIpc) is 3.72. The molecule has 1 aromatic carbocycles. The highest BCUT2D eigenvalue weighted by Gasteiger charge is 2.37. The molecule has 7 heterocycles. The number of aryl methyl sites for hydroxylation is 2. The van der Waals surface area contributed by atoms with Gasteiger partial charge in [0.15, 0.2) is 11.6 Å². The van der Waals surface area contributed by atoms with Gasteiger partial charge in [0.2, 0.25) is 11.8 Å². The zero-order valence-electron chi connectivity index (χ0n) is 30.8. The van der Waals surface area contributed by atoms with Crippen LogP contribution in [-0.2, 0) is 54.7 Å². The molecular formula is C39H46F3N9O2. The Morgan fingerprint density at radius 1 is 0.868 bits per heavy atom. The number of aromatic nitrogens is 5. The third kappa shape index (κ3) is 6.23. The topological polar surface area (TPSA) is 95.6 Å². The fourth-order valence-corrected chi connectivity index (χ4v) is 8.97. The van der Waals surface area contributed by atoms with Crippen molar-refractivity contribution in [2.75, 3.05) is 36.0 Å². The Bertz CT molecular complexity index is 2070. The molecule has 280 valence electrons. The van der Waals surface area contributed by atoms with E-state index in [4.69, 9.17) is 10.2 Å². The third-order valence-corrected chi connectivity index (χ3v) is 11.7. The van der Waals surface area contributed by atoms with Gasteiger partial charge in [-0.15, -0.1) is 0 Å². The number of anilines is 4. The zero-order chi connectivity index (χ0) is 37.2. The van der Waals surface area contributed by atoms with E-state index in [1.165, 1.54) is 17.8 Å². The van der Waals surface area contributed by atoms with Crippen molar-refractivity contribution in [3.05, 3.63) is 75.9 Å². The van der Waals surface area contributed by atoms with Crippen LogP contribution in [0.25, 0.3) is 0 Å². The van der Waals surface area contributed by atoms with Gasteiger partial charge in [0.1, 0.15) is 0 Å². The molecule has 0 fully saturated rings. The maximum absolute atomic E-state index is 13.9. The molecule has 0 bridgehead atoms. The van der Waals surface area contributed by atoms with Gasteiger partial charge in [-0.3, -0.25) is 23.9 Å². The molecule has 14 heteroatoms. The number of fused-ring (bicyclic) bond motifs is 4. The number of alkyl halides is 3. The second-order valence-electron chi connectivity index (χ2n) is 14.9. The third-order valence-electron chi connectivity index (χ3n) is 11.7. The number of pyridine rings is 1. The molecule has 0 N–H and O–H groups in total. The Hall–Kier alpha value is -4.88. The first-order valence-corrected chi connectivity index (χ1v) is 18.8. The van der Waals surface area contributed by atoms with Crippen molar-refractivity contribution >= 4 is 34.8 Å². The van der Waals surface area contributed by atoms with Crippen molar-refractivity contribution in [3.8, 4) is 0 Å². The number of rotatable bonds is 6. The SMILES string of the molecule is CCn1nc(N2CCC(CC(C)n3nc(N4CCCc5ccc(C(F)(F)F)cc54)c4c3CCN(C(C)=O)C4)c3cnccc32)c2c1CCN(C(C)=O)C2. The van der Waals surface area contributed by atoms with Crippen molar-refractivity contribution in [3.63, 3.8) is 0 Å². The van der Waals surface area contributed by atoms with Crippen LogP contribution < -0.4 is 9.80 Å². The van der Waals surface area contributed by atoms with Crippen molar-refractivity contribution in [2.24, 2.45) is 0 Å². The lowest BCUT2D eigenvalue weighted by atomic mass is 9.86. The van der Waals surface area contributed by atoms with E-state index < -0.39 is 11.7 Å². The highest BCUT2D eigenvalue weighted by Crippen LogP contribution is 2.46. The number of hydrogen-bond acceptors (Lipinski definition) is 7. The molecule has 2 amide bonds. The van der Waals surface area contributed by atoms with Gasteiger partial charge >= 0.3 is 6.18 Å². The zero-order valence-corrected chi connectivity index (χ0v) is 30.8. The molecule has 4 aliphatic heterocycles. The molecule has 53 heavy (non-hydrogen) atoms. The summed E-state index contributed by atoms with van der Waals surface area (Å²) in [6, 6.07) is 6.04. The summed E-state index contributed by atoms with van der Waals surface area (Å²) >= 11 is 0. The minimum atomic E-state index is -4.46. The fourth-order valence-electron chi connectivity index (χ4n) is 8.97. The van der Waals surface area contributed by atoms with Crippen molar-refractivity contribution < 1.29 is 22.8 Å². The van der Waals surface area contributed by atoms with E-state index in [1.54, 1.807) is 24.8 Å². The van der Waals surface area contributed by atoms with E-state index in [9.17, 15) is 22.8 Å². The van der Waals surface area contributed by atoms with Gasteiger partial charge < -0.3 is 19.6 Å². The Kier molecular flexibility index (Phi) is 8.97. The molecule has 4 aromatic rings. The van der Waals surface area contributed by atoms with E-state index in [0.29, 0.717) is 57.1 Å². The van der Waals surface area contributed by atoms with Crippen molar-refractivity contribution in [1.82, 2.24) is 34.3 Å².